The maximum atomic E-state index is 13.3. The van der Waals surface area contributed by atoms with Crippen LogP contribution in [0.1, 0.15) is 34.1 Å². The molecule has 2 heterocycles. The molecule has 0 bridgehead atoms. The SMILES string of the molecule is COc1cc([C@@H]2CC(c3c(O)cc(C)oc3=O)=Nc3cc(C(F)(F)F)ccc3S2)ccc1O. The number of phenols is 1. The standard InChI is InChI=1S/C23H18F3NO5S/c1-11-7-17(29)21(22(30)32-11)15-10-20(12-3-5-16(28)18(8-12)31-2)33-19-6-4-13(23(24,25)26)9-14(19)27-15/h3-9,20,28-29H,10H2,1-2H3/t20-/m0/s1. The Bertz CT molecular complexity index is 1320. The summed E-state index contributed by atoms with van der Waals surface area (Å²) in [4.78, 5) is 17.4. The van der Waals surface area contributed by atoms with Crippen molar-refractivity contribution >= 4 is 23.2 Å². The minimum absolute atomic E-state index is 0.0254. The van der Waals surface area contributed by atoms with Crippen LogP contribution in [-0.4, -0.2) is 23.0 Å². The smallest absolute Gasteiger partial charge is 0.416 e. The fourth-order valence-electron chi connectivity index (χ4n) is 3.54. The van der Waals surface area contributed by atoms with Gasteiger partial charge in [0.1, 0.15) is 17.1 Å². The molecule has 2 N–H and O–H groups in total. The molecule has 3 aromatic rings. The Morgan fingerprint density at radius 2 is 1.88 bits per heavy atom. The lowest BCUT2D eigenvalue weighted by Gasteiger charge is -2.17. The molecule has 172 valence electrons. The lowest BCUT2D eigenvalue weighted by Crippen LogP contribution is -2.17. The van der Waals surface area contributed by atoms with Crippen LogP contribution in [0.5, 0.6) is 17.2 Å². The van der Waals surface area contributed by atoms with Crippen LogP contribution < -0.4 is 10.4 Å². The number of aryl methyl sites for hydroxylation is 1. The van der Waals surface area contributed by atoms with Crippen LogP contribution in [0.3, 0.4) is 0 Å². The zero-order chi connectivity index (χ0) is 23.9. The van der Waals surface area contributed by atoms with Gasteiger partial charge in [0.15, 0.2) is 11.5 Å². The normalized spacial score (nSPS) is 16.0. The number of aliphatic imine (C=N–C) groups is 1. The molecule has 1 aromatic heterocycles. The highest BCUT2D eigenvalue weighted by atomic mass is 32.2. The molecule has 1 aliphatic rings. The van der Waals surface area contributed by atoms with Gasteiger partial charge in [-0.15, -0.1) is 11.8 Å². The van der Waals surface area contributed by atoms with E-state index in [1.54, 1.807) is 12.1 Å². The molecule has 6 nitrogen and oxygen atoms in total. The highest BCUT2D eigenvalue weighted by molar-refractivity contribution is 7.99. The minimum atomic E-state index is -4.57. The Morgan fingerprint density at radius 3 is 2.55 bits per heavy atom. The first-order valence-corrected chi connectivity index (χ1v) is 10.6. The zero-order valence-corrected chi connectivity index (χ0v) is 18.3. The van der Waals surface area contributed by atoms with Gasteiger partial charge >= 0.3 is 11.8 Å². The van der Waals surface area contributed by atoms with E-state index in [9.17, 15) is 28.2 Å². The minimum Gasteiger partial charge on any atom is -0.507 e. The second kappa shape index (κ2) is 8.51. The van der Waals surface area contributed by atoms with Crippen molar-refractivity contribution in [2.24, 2.45) is 4.99 Å². The molecule has 10 heteroatoms. The Hall–Kier alpha value is -3.40. The predicted octanol–water partition coefficient (Wildman–Crippen LogP) is 5.74. The highest BCUT2D eigenvalue weighted by Crippen LogP contribution is 2.48. The molecule has 0 amide bonds. The Balaban J connectivity index is 1.91. The first-order valence-electron chi connectivity index (χ1n) is 9.73. The molecule has 0 fully saturated rings. The third-order valence-corrected chi connectivity index (χ3v) is 6.43. The quantitative estimate of drug-likeness (QED) is 0.500. The number of fused-ring (bicyclic) bond motifs is 1. The van der Waals surface area contributed by atoms with Gasteiger partial charge in [-0.05, 0) is 42.8 Å². The first-order chi connectivity index (χ1) is 15.6. The molecule has 0 spiro atoms. The summed E-state index contributed by atoms with van der Waals surface area (Å²) in [6.45, 7) is 1.49. The summed E-state index contributed by atoms with van der Waals surface area (Å²) < 4.78 is 50.2. The summed E-state index contributed by atoms with van der Waals surface area (Å²) in [5.74, 6) is -0.0311. The van der Waals surface area contributed by atoms with Crippen molar-refractivity contribution in [3.63, 3.8) is 0 Å². The predicted molar refractivity (Wildman–Crippen MR) is 117 cm³/mol. The molecule has 2 aromatic carbocycles. The first kappa shape index (κ1) is 22.8. The van der Waals surface area contributed by atoms with Crippen molar-refractivity contribution < 1.29 is 32.5 Å². The lowest BCUT2D eigenvalue weighted by atomic mass is 10.0. The molecular weight excluding hydrogens is 459 g/mol. The number of phenolic OH excluding ortho intramolecular Hbond substituents is 1. The number of halogens is 3. The molecule has 0 radical (unpaired) electrons. The van der Waals surface area contributed by atoms with Crippen LogP contribution in [0.4, 0.5) is 18.9 Å². The van der Waals surface area contributed by atoms with E-state index >= 15 is 0 Å². The highest BCUT2D eigenvalue weighted by Gasteiger charge is 2.33. The third-order valence-electron chi connectivity index (χ3n) is 5.11. The molecule has 0 unspecified atom stereocenters. The Morgan fingerprint density at radius 1 is 1.12 bits per heavy atom. The van der Waals surface area contributed by atoms with Crippen molar-refractivity contribution in [2.45, 2.75) is 29.7 Å². The summed E-state index contributed by atoms with van der Waals surface area (Å²) in [6, 6.07) is 9.17. The molecule has 1 atom stereocenters. The fourth-order valence-corrected chi connectivity index (χ4v) is 4.74. The summed E-state index contributed by atoms with van der Waals surface area (Å²) in [6.07, 6.45) is -4.48. The number of alkyl halides is 3. The van der Waals surface area contributed by atoms with Crippen LogP contribution in [0.15, 0.2) is 61.6 Å². The second-order valence-corrected chi connectivity index (χ2v) is 8.63. The van der Waals surface area contributed by atoms with Crippen LogP contribution in [0.25, 0.3) is 0 Å². The number of methoxy groups -OCH3 is 1. The molecular formula is C23H18F3NO5S. The Labute approximate surface area is 190 Å². The number of nitrogens with zero attached hydrogens (tertiary/aromatic N) is 1. The van der Waals surface area contributed by atoms with E-state index in [4.69, 9.17) is 9.15 Å². The number of hydrogen-bond donors (Lipinski definition) is 2. The molecule has 0 aliphatic carbocycles. The number of thioether (sulfide) groups is 1. The van der Waals surface area contributed by atoms with Gasteiger partial charge in [-0.3, -0.25) is 4.99 Å². The van der Waals surface area contributed by atoms with Gasteiger partial charge in [-0.25, -0.2) is 4.79 Å². The van der Waals surface area contributed by atoms with Gasteiger partial charge in [-0.2, -0.15) is 13.2 Å². The summed E-state index contributed by atoms with van der Waals surface area (Å²) >= 11 is 1.26. The molecule has 0 saturated heterocycles. The van der Waals surface area contributed by atoms with Gasteiger partial charge < -0.3 is 19.4 Å². The van der Waals surface area contributed by atoms with Crippen LogP contribution >= 0.6 is 11.8 Å². The molecule has 33 heavy (non-hydrogen) atoms. The van der Waals surface area contributed by atoms with Crippen LogP contribution in [0.2, 0.25) is 0 Å². The largest absolute Gasteiger partial charge is 0.507 e. The summed E-state index contributed by atoms with van der Waals surface area (Å²) in [7, 11) is 1.40. The average molecular weight is 477 g/mol. The van der Waals surface area contributed by atoms with E-state index in [-0.39, 0.29) is 46.4 Å². The van der Waals surface area contributed by atoms with E-state index in [1.807, 2.05) is 0 Å². The number of ether oxygens (including phenoxy) is 1. The Kier molecular flexibility index (Phi) is 5.87. The van der Waals surface area contributed by atoms with E-state index < -0.39 is 22.6 Å². The van der Waals surface area contributed by atoms with Crippen molar-refractivity contribution in [1.29, 1.82) is 0 Å². The summed E-state index contributed by atoms with van der Waals surface area (Å²) in [5.41, 5.74) is -1.13. The number of benzene rings is 2. The monoisotopic (exact) mass is 477 g/mol. The van der Waals surface area contributed by atoms with Gasteiger partial charge in [-0.1, -0.05) is 6.07 Å². The van der Waals surface area contributed by atoms with Gasteiger partial charge in [0.25, 0.3) is 0 Å². The van der Waals surface area contributed by atoms with Gasteiger partial charge in [0.05, 0.1) is 24.1 Å². The topological polar surface area (TPSA) is 92.3 Å². The average Bonchev–Trinajstić information content (AvgIpc) is 2.91. The molecule has 4 rings (SSSR count). The van der Waals surface area contributed by atoms with Crippen molar-refractivity contribution in [3.8, 4) is 17.2 Å². The van der Waals surface area contributed by atoms with Gasteiger partial charge in [0.2, 0.25) is 0 Å². The zero-order valence-electron chi connectivity index (χ0n) is 17.4. The van der Waals surface area contributed by atoms with Crippen molar-refractivity contribution in [1.82, 2.24) is 0 Å². The van der Waals surface area contributed by atoms with Crippen LogP contribution in [-0.2, 0) is 6.18 Å². The van der Waals surface area contributed by atoms with Crippen molar-refractivity contribution in [2.75, 3.05) is 7.11 Å². The number of rotatable bonds is 3. The number of aromatic hydroxyl groups is 2. The van der Waals surface area contributed by atoms with E-state index in [0.29, 0.717) is 10.5 Å². The van der Waals surface area contributed by atoms with Crippen molar-refractivity contribution in [3.05, 3.63) is 75.3 Å². The maximum absolute atomic E-state index is 13.3. The lowest BCUT2D eigenvalue weighted by molar-refractivity contribution is -0.137. The van der Waals surface area contributed by atoms with E-state index in [0.717, 1.165) is 12.1 Å². The maximum Gasteiger partial charge on any atom is 0.416 e. The molecule has 1 aliphatic heterocycles. The number of hydrogen-bond acceptors (Lipinski definition) is 7. The fraction of sp³-hybridized carbons (Fsp3) is 0.217. The summed E-state index contributed by atoms with van der Waals surface area (Å²) in [5, 5.41) is 20.0. The molecule has 0 saturated carbocycles. The third kappa shape index (κ3) is 4.56. The van der Waals surface area contributed by atoms with E-state index in [2.05, 4.69) is 4.99 Å². The van der Waals surface area contributed by atoms with E-state index in [1.165, 1.54) is 44.0 Å². The second-order valence-electron chi connectivity index (χ2n) is 7.39. The van der Waals surface area contributed by atoms with Crippen LogP contribution in [0, 0.1) is 6.92 Å². The van der Waals surface area contributed by atoms with Gasteiger partial charge in [0, 0.05) is 22.6 Å².